The number of hydrogen-bond acceptors (Lipinski definition) is 6. The van der Waals surface area contributed by atoms with Crippen LogP contribution in [0.3, 0.4) is 0 Å². The van der Waals surface area contributed by atoms with Crippen LogP contribution < -0.4 is 22.3 Å². The molecule has 0 saturated carbocycles. The zero-order chi connectivity index (χ0) is 24.0. The molecular weight excluding hydrogens is 524 g/mol. The maximum absolute atomic E-state index is 13.6. The summed E-state index contributed by atoms with van der Waals surface area (Å²) in [7, 11) is 0. The molecule has 1 atom stereocenters. The van der Waals surface area contributed by atoms with Gasteiger partial charge in [0.2, 0.25) is 5.60 Å². The van der Waals surface area contributed by atoms with Gasteiger partial charge in [-0.25, -0.2) is 14.8 Å². The summed E-state index contributed by atoms with van der Waals surface area (Å²) in [6, 6.07) is 16.5. The molecule has 3 aliphatic heterocycles. The summed E-state index contributed by atoms with van der Waals surface area (Å²) < 4.78 is 6.66. The van der Waals surface area contributed by atoms with Crippen molar-refractivity contribution in [2.24, 2.45) is 5.92 Å². The number of piperidine rings is 3. The van der Waals surface area contributed by atoms with Crippen LogP contribution in [0.15, 0.2) is 67.1 Å². The van der Waals surface area contributed by atoms with Crippen LogP contribution in [0.25, 0.3) is 11.1 Å². The van der Waals surface area contributed by atoms with E-state index in [1.54, 1.807) is 24.4 Å². The quantitative estimate of drug-likeness (QED) is 0.327. The number of quaternary nitrogens is 1. The molecule has 2 N–H and O–H groups in total. The van der Waals surface area contributed by atoms with Gasteiger partial charge in [0.05, 0.1) is 13.1 Å². The Morgan fingerprint density at radius 1 is 1.03 bits per heavy atom. The summed E-state index contributed by atoms with van der Waals surface area (Å²) in [5, 5.41) is 14.6. The highest BCUT2D eigenvalue weighted by Crippen LogP contribution is 2.48. The third-order valence-electron chi connectivity index (χ3n) is 7.85. The molecule has 3 fully saturated rings. The Morgan fingerprint density at radius 2 is 1.67 bits per heavy atom. The lowest BCUT2D eigenvalue weighted by atomic mass is 9.82. The Kier molecular flexibility index (Phi) is 6.40. The number of halogens is 1. The Labute approximate surface area is 219 Å². The summed E-state index contributed by atoms with van der Waals surface area (Å²) in [4.78, 5) is 34.4. The first-order valence-corrected chi connectivity index (χ1v) is 12.0. The van der Waals surface area contributed by atoms with Crippen LogP contribution in [0.1, 0.15) is 24.0 Å². The number of carbonyl (C=O) groups excluding carboxylic acids is 2. The third-order valence-corrected chi connectivity index (χ3v) is 7.85. The third kappa shape index (κ3) is 4.01. The van der Waals surface area contributed by atoms with E-state index in [1.165, 1.54) is 6.33 Å². The van der Waals surface area contributed by atoms with Crippen LogP contribution in [0.5, 0.6) is 0 Å². The number of carbonyl (C=O) groups is 2. The Hall–Kier alpha value is -3.14. The first-order valence-electron chi connectivity index (χ1n) is 12.0. The van der Waals surface area contributed by atoms with Crippen LogP contribution in [0.4, 0.5) is 5.82 Å². The van der Waals surface area contributed by atoms with Crippen LogP contribution in [-0.4, -0.2) is 63.7 Å². The number of ether oxygens (including phenoxy) is 1. The topological polar surface area (TPSA) is 101 Å². The van der Waals surface area contributed by atoms with E-state index >= 15 is 0 Å². The fourth-order valence-corrected chi connectivity index (χ4v) is 6.08. The van der Waals surface area contributed by atoms with Crippen molar-refractivity contribution in [1.82, 2.24) is 9.97 Å². The number of rotatable bonds is 5. The normalized spacial score (nSPS) is 24.7. The monoisotopic (exact) mass is 550 g/mol. The van der Waals surface area contributed by atoms with Crippen molar-refractivity contribution < 1.29 is 40.9 Å². The lowest BCUT2D eigenvalue weighted by Gasteiger charge is -2.51. The molecule has 0 unspecified atom stereocenters. The standard InChI is InChI=1S/C27H26N4O4.BrH/c32-25(30-24-9-12-28-17-29-24)16-31-13-10-18(11-14-31)23(15-31)35-26(33)27(34)21-7-3-1-5-19(21)20-6-2-4-8-22(20)27;/h1-9,12,17-18,23,34H,10-11,13-16H2;1H/t18?,23-,31?;/m0./s1. The summed E-state index contributed by atoms with van der Waals surface area (Å²) in [6.07, 6.45) is 4.39. The highest BCUT2D eigenvalue weighted by molar-refractivity contribution is 5.96. The van der Waals surface area contributed by atoms with Crippen molar-refractivity contribution >= 4 is 17.7 Å². The summed E-state index contributed by atoms with van der Waals surface area (Å²) in [6.45, 7) is 2.59. The second kappa shape index (κ2) is 9.38. The zero-order valence-electron chi connectivity index (χ0n) is 19.6. The fourth-order valence-electron chi connectivity index (χ4n) is 6.08. The van der Waals surface area contributed by atoms with Gasteiger partial charge in [-0.3, -0.25) is 4.79 Å². The molecular formula is C27H27BrN4O4. The number of amides is 1. The molecule has 0 spiro atoms. The Morgan fingerprint density at radius 3 is 2.28 bits per heavy atom. The second-order valence-electron chi connectivity index (χ2n) is 9.86. The van der Waals surface area contributed by atoms with Gasteiger partial charge >= 0.3 is 5.97 Å². The van der Waals surface area contributed by atoms with Gasteiger partial charge in [-0.1, -0.05) is 48.5 Å². The second-order valence-corrected chi connectivity index (χ2v) is 9.86. The predicted octanol–water partition coefficient (Wildman–Crippen LogP) is -0.512. The van der Waals surface area contributed by atoms with Crippen molar-refractivity contribution in [1.29, 1.82) is 0 Å². The van der Waals surface area contributed by atoms with Gasteiger partial charge in [-0.2, -0.15) is 0 Å². The summed E-state index contributed by atoms with van der Waals surface area (Å²) in [5.74, 6) is -0.0538. The van der Waals surface area contributed by atoms with E-state index in [9.17, 15) is 14.7 Å². The number of fused-ring (bicyclic) bond motifs is 6. The maximum atomic E-state index is 13.6. The van der Waals surface area contributed by atoms with Crippen molar-refractivity contribution in [3.05, 3.63) is 78.2 Å². The van der Waals surface area contributed by atoms with E-state index in [0.29, 0.717) is 34.5 Å². The SMILES string of the molecule is O=C(C[N+]12CCC(CC1)[C@@H](OC(=O)C1(O)c3ccccc3-c3ccccc31)C2)Nc1ccncn1.[Br-]. The molecule has 3 saturated heterocycles. The van der Waals surface area contributed by atoms with E-state index in [4.69, 9.17) is 4.74 Å². The zero-order valence-corrected chi connectivity index (χ0v) is 21.2. The molecule has 1 aromatic heterocycles. The molecule has 1 aliphatic carbocycles. The number of nitrogens with one attached hydrogen (secondary N) is 1. The van der Waals surface area contributed by atoms with E-state index in [0.717, 1.165) is 37.1 Å². The van der Waals surface area contributed by atoms with Gasteiger partial charge in [-0.15, -0.1) is 0 Å². The average molecular weight is 551 g/mol. The van der Waals surface area contributed by atoms with Crippen molar-refractivity contribution in [2.45, 2.75) is 24.5 Å². The van der Waals surface area contributed by atoms with Crippen LogP contribution in [0.2, 0.25) is 0 Å². The minimum absolute atomic E-state index is 0. The molecule has 2 aromatic carbocycles. The van der Waals surface area contributed by atoms with E-state index < -0.39 is 11.6 Å². The highest BCUT2D eigenvalue weighted by atomic mass is 79.9. The molecule has 4 aliphatic rings. The van der Waals surface area contributed by atoms with Gasteiger partial charge in [0.15, 0.2) is 12.6 Å². The number of aliphatic hydroxyl groups is 1. The fraction of sp³-hybridized carbons (Fsp3) is 0.333. The summed E-state index contributed by atoms with van der Waals surface area (Å²) in [5.41, 5.74) is 0.970. The average Bonchev–Trinajstić information content (AvgIpc) is 3.15. The molecule has 0 radical (unpaired) electrons. The first kappa shape index (κ1) is 24.5. The van der Waals surface area contributed by atoms with Crippen molar-refractivity contribution in [3.8, 4) is 11.1 Å². The number of esters is 1. The Balaban J connectivity index is 0.00000267. The molecule has 4 heterocycles. The number of hydrogen-bond donors (Lipinski definition) is 2. The smallest absolute Gasteiger partial charge is 0.348 e. The number of aromatic nitrogens is 2. The molecule has 2 bridgehead atoms. The lowest BCUT2D eigenvalue weighted by molar-refractivity contribution is -0.939. The maximum Gasteiger partial charge on any atom is 0.348 e. The van der Waals surface area contributed by atoms with Crippen molar-refractivity contribution in [3.63, 3.8) is 0 Å². The summed E-state index contributed by atoms with van der Waals surface area (Å²) >= 11 is 0. The first-order chi connectivity index (χ1) is 17.0. The lowest BCUT2D eigenvalue weighted by Crippen LogP contribution is -3.00. The van der Waals surface area contributed by atoms with E-state index in [-0.39, 0.29) is 34.9 Å². The van der Waals surface area contributed by atoms with Crippen LogP contribution in [0, 0.1) is 5.92 Å². The number of benzene rings is 2. The molecule has 1 amide bonds. The Bertz CT molecular complexity index is 1250. The van der Waals surface area contributed by atoms with E-state index in [1.807, 2.05) is 36.4 Å². The number of anilines is 1. The van der Waals surface area contributed by atoms with Gasteiger partial charge < -0.3 is 36.6 Å². The number of nitrogens with zero attached hydrogens (tertiary/aromatic N) is 3. The molecule has 3 aromatic rings. The largest absolute Gasteiger partial charge is 1.00 e. The molecule has 36 heavy (non-hydrogen) atoms. The van der Waals surface area contributed by atoms with Gasteiger partial charge in [-0.05, 0) is 17.2 Å². The molecule has 7 rings (SSSR count). The minimum Gasteiger partial charge on any atom is -1.00 e. The van der Waals surface area contributed by atoms with E-state index in [2.05, 4.69) is 15.3 Å². The van der Waals surface area contributed by atoms with Crippen LogP contribution >= 0.6 is 0 Å². The van der Waals surface area contributed by atoms with Gasteiger partial charge in [0.1, 0.15) is 18.7 Å². The molecule has 186 valence electrons. The molecule has 8 nitrogen and oxygen atoms in total. The molecule has 9 heteroatoms. The van der Waals surface area contributed by atoms with Gasteiger partial charge in [0.25, 0.3) is 5.91 Å². The highest BCUT2D eigenvalue weighted by Gasteiger charge is 2.53. The van der Waals surface area contributed by atoms with Crippen molar-refractivity contribution in [2.75, 3.05) is 31.5 Å². The van der Waals surface area contributed by atoms with Gasteiger partial charge in [0, 0.05) is 36.1 Å². The predicted molar refractivity (Wildman–Crippen MR) is 128 cm³/mol. The van der Waals surface area contributed by atoms with Crippen LogP contribution in [-0.2, 0) is 19.9 Å². The minimum atomic E-state index is -1.84.